The molecule has 0 aliphatic carbocycles. The number of hydrogen-bond acceptors (Lipinski definition) is 4. The summed E-state index contributed by atoms with van der Waals surface area (Å²) in [6, 6.07) is 13.4. The topological polar surface area (TPSA) is 95.6 Å². The molecule has 8 heteroatoms. The van der Waals surface area contributed by atoms with Crippen LogP contribution in [0.15, 0.2) is 59.5 Å². The van der Waals surface area contributed by atoms with E-state index in [1.807, 2.05) is 31.2 Å². The molecule has 1 aliphatic heterocycles. The molecule has 0 unspecified atom stereocenters. The van der Waals surface area contributed by atoms with Gasteiger partial charge in [0.05, 0.1) is 4.90 Å². The van der Waals surface area contributed by atoms with E-state index in [9.17, 15) is 18.0 Å². The van der Waals surface area contributed by atoms with E-state index < -0.39 is 21.8 Å². The monoisotopic (exact) mass is 413 g/mol. The van der Waals surface area contributed by atoms with Crippen molar-refractivity contribution >= 4 is 27.9 Å². The molecular weight excluding hydrogens is 390 g/mol. The number of sulfonamides is 1. The highest BCUT2D eigenvalue weighted by molar-refractivity contribution is 7.89. The van der Waals surface area contributed by atoms with Crippen LogP contribution in [0.3, 0.4) is 0 Å². The second-order valence-corrected chi connectivity index (χ2v) is 8.77. The fourth-order valence-electron chi connectivity index (χ4n) is 3.05. The predicted molar refractivity (Wildman–Crippen MR) is 110 cm³/mol. The number of aryl methyl sites for hydroxylation is 1. The van der Waals surface area contributed by atoms with Crippen molar-refractivity contribution in [3.05, 3.63) is 71.3 Å². The highest BCUT2D eigenvalue weighted by Gasteiger charge is 2.27. The van der Waals surface area contributed by atoms with E-state index in [0.717, 1.165) is 24.0 Å². The summed E-state index contributed by atoms with van der Waals surface area (Å²) in [6.45, 7) is 2.93. The van der Waals surface area contributed by atoms with E-state index in [0.29, 0.717) is 13.1 Å². The van der Waals surface area contributed by atoms with Crippen LogP contribution < -0.4 is 10.9 Å². The summed E-state index contributed by atoms with van der Waals surface area (Å²) < 4.78 is 26.7. The average Bonchev–Trinajstić information content (AvgIpc) is 3.26. The van der Waals surface area contributed by atoms with Gasteiger partial charge in [-0.2, -0.15) is 4.31 Å². The molecule has 0 radical (unpaired) electrons. The van der Waals surface area contributed by atoms with Crippen molar-refractivity contribution in [1.82, 2.24) is 15.2 Å². The number of carbonyl (C=O) groups is 2. The van der Waals surface area contributed by atoms with Crippen LogP contribution in [0.5, 0.6) is 0 Å². The zero-order valence-electron chi connectivity index (χ0n) is 16.1. The molecule has 1 fully saturated rings. The second kappa shape index (κ2) is 9.02. The Labute approximate surface area is 170 Å². The molecule has 2 N–H and O–H groups in total. The van der Waals surface area contributed by atoms with Gasteiger partial charge >= 0.3 is 0 Å². The van der Waals surface area contributed by atoms with Crippen molar-refractivity contribution in [2.45, 2.75) is 24.7 Å². The number of carbonyl (C=O) groups excluding carboxylic acids is 2. The fraction of sp³-hybridized carbons (Fsp3) is 0.238. The fourth-order valence-corrected chi connectivity index (χ4v) is 4.62. The molecule has 0 bridgehead atoms. The Morgan fingerprint density at radius 3 is 2.45 bits per heavy atom. The Bertz CT molecular complexity index is 1040. The zero-order valence-corrected chi connectivity index (χ0v) is 16.9. The Balaban J connectivity index is 1.61. The van der Waals surface area contributed by atoms with Gasteiger partial charge in [-0.25, -0.2) is 8.42 Å². The first-order valence-corrected chi connectivity index (χ1v) is 10.8. The number of hydrogen-bond donors (Lipinski definition) is 2. The minimum Gasteiger partial charge on any atom is -0.268 e. The van der Waals surface area contributed by atoms with Crippen molar-refractivity contribution in [3.63, 3.8) is 0 Å². The van der Waals surface area contributed by atoms with Crippen molar-refractivity contribution < 1.29 is 18.0 Å². The van der Waals surface area contributed by atoms with Crippen LogP contribution >= 0.6 is 0 Å². The number of rotatable bonds is 5. The summed E-state index contributed by atoms with van der Waals surface area (Å²) in [7, 11) is -3.61. The highest BCUT2D eigenvalue weighted by atomic mass is 32.2. The molecule has 1 aliphatic rings. The van der Waals surface area contributed by atoms with Crippen LogP contribution in [0.25, 0.3) is 6.08 Å². The molecular formula is C21H23N3O4S. The third-order valence-electron chi connectivity index (χ3n) is 4.57. The van der Waals surface area contributed by atoms with E-state index in [-0.39, 0.29) is 10.5 Å². The number of hydrazine groups is 1. The van der Waals surface area contributed by atoms with Gasteiger partial charge in [-0.15, -0.1) is 0 Å². The third-order valence-corrected chi connectivity index (χ3v) is 6.46. The quantitative estimate of drug-likeness (QED) is 0.581. The van der Waals surface area contributed by atoms with Gasteiger partial charge in [0.25, 0.3) is 11.8 Å². The van der Waals surface area contributed by atoms with E-state index in [2.05, 4.69) is 10.9 Å². The first-order valence-electron chi connectivity index (χ1n) is 9.31. The third kappa shape index (κ3) is 5.30. The summed E-state index contributed by atoms with van der Waals surface area (Å²) in [5.41, 5.74) is 6.68. The van der Waals surface area contributed by atoms with Gasteiger partial charge in [-0.3, -0.25) is 20.4 Å². The van der Waals surface area contributed by atoms with Crippen molar-refractivity contribution in [1.29, 1.82) is 0 Å². The van der Waals surface area contributed by atoms with Crippen molar-refractivity contribution in [2.75, 3.05) is 13.1 Å². The number of nitrogens with one attached hydrogen (secondary N) is 2. The standard InChI is InChI=1S/C21H23N3O4S/c1-16-6-4-7-17(14-16)10-11-20(25)22-23-21(26)18-8-5-9-19(15-18)29(27,28)24-12-2-3-13-24/h4-11,14-15H,2-3,12-13H2,1H3,(H,22,25)(H,23,26)/b11-10+. The van der Waals surface area contributed by atoms with E-state index >= 15 is 0 Å². The van der Waals surface area contributed by atoms with Crippen LogP contribution in [0, 0.1) is 6.92 Å². The summed E-state index contributed by atoms with van der Waals surface area (Å²) in [5, 5.41) is 0. The summed E-state index contributed by atoms with van der Waals surface area (Å²) in [4.78, 5) is 24.3. The average molecular weight is 413 g/mol. The summed E-state index contributed by atoms with van der Waals surface area (Å²) in [5.74, 6) is -1.10. The van der Waals surface area contributed by atoms with Gasteiger partial charge in [-0.05, 0) is 49.6 Å². The Morgan fingerprint density at radius 1 is 1.00 bits per heavy atom. The molecule has 3 rings (SSSR count). The van der Waals surface area contributed by atoms with Gasteiger partial charge < -0.3 is 0 Å². The van der Waals surface area contributed by atoms with Crippen LogP contribution in [0.2, 0.25) is 0 Å². The molecule has 0 saturated carbocycles. The van der Waals surface area contributed by atoms with E-state index in [4.69, 9.17) is 0 Å². The Hall–Kier alpha value is -2.97. The van der Waals surface area contributed by atoms with Gasteiger partial charge in [0.15, 0.2) is 0 Å². The maximum absolute atomic E-state index is 12.6. The largest absolute Gasteiger partial charge is 0.269 e. The maximum atomic E-state index is 12.6. The van der Waals surface area contributed by atoms with Crippen LogP contribution in [0.4, 0.5) is 0 Å². The first kappa shape index (κ1) is 20.8. The minimum absolute atomic E-state index is 0.0673. The Kier molecular flexibility index (Phi) is 6.46. The smallest absolute Gasteiger partial charge is 0.268 e. The number of amides is 2. The van der Waals surface area contributed by atoms with Crippen molar-refractivity contribution in [3.8, 4) is 0 Å². The number of nitrogens with zero attached hydrogens (tertiary/aromatic N) is 1. The molecule has 1 saturated heterocycles. The van der Waals surface area contributed by atoms with E-state index in [1.165, 1.54) is 34.6 Å². The van der Waals surface area contributed by atoms with E-state index in [1.54, 1.807) is 6.08 Å². The normalized spacial score (nSPS) is 14.8. The molecule has 1 heterocycles. The SMILES string of the molecule is Cc1cccc(/C=C/C(=O)NNC(=O)c2cccc(S(=O)(=O)N3CCCC3)c2)c1. The van der Waals surface area contributed by atoms with Gasteiger partial charge in [0.1, 0.15) is 0 Å². The van der Waals surface area contributed by atoms with Crippen LogP contribution in [-0.4, -0.2) is 37.6 Å². The molecule has 0 atom stereocenters. The van der Waals surface area contributed by atoms with Crippen LogP contribution in [0.1, 0.15) is 34.3 Å². The van der Waals surface area contributed by atoms with Gasteiger partial charge in [0, 0.05) is 24.7 Å². The van der Waals surface area contributed by atoms with Gasteiger partial charge in [0.2, 0.25) is 10.0 Å². The minimum atomic E-state index is -3.61. The summed E-state index contributed by atoms with van der Waals surface area (Å²) >= 11 is 0. The molecule has 7 nitrogen and oxygen atoms in total. The molecule has 0 aromatic heterocycles. The molecule has 152 valence electrons. The zero-order chi connectivity index (χ0) is 20.9. The van der Waals surface area contributed by atoms with Crippen molar-refractivity contribution in [2.24, 2.45) is 0 Å². The maximum Gasteiger partial charge on any atom is 0.269 e. The lowest BCUT2D eigenvalue weighted by molar-refractivity contribution is -0.117. The van der Waals surface area contributed by atoms with Gasteiger partial charge in [-0.1, -0.05) is 35.9 Å². The summed E-state index contributed by atoms with van der Waals surface area (Å²) in [6.07, 6.45) is 4.62. The molecule has 0 spiro atoms. The first-order chi connectivity index (χ1) is 13.9. The predicted octanol–water partition coefficient (Wildman–Crippen LogP) is 2.25. The second-order valence-electron chi connectivity index (χ2n) is 6.83. The molecule has 2 aromatic carbocycles. The number of benzene rings is 2. The lowest BCUT2D eigenvalue weighted by Gasteiger charge is -2.16. The highest BCUT2D eigenvalue weighted by Crippen LogP contribution is 2.21. The Morgan fingerprint density at radius 2 is 1.72 bits per heavy atom. The molecule has 29 heavy (non-hydrogen) atoms. The molecule has 2 amide bonds. The van der Waals surface area contributed by atoms with Crippen LogP contribution in [-0.2, 0) is 14.8 Å². The molecule has 2 aromatic rings. The lowest BCUT2D eigenvalue weighted by atomic mass is 10.1. The lowest BCUT2D eigenvalue weighted by Crippen LogP contribution is -2.40.